The van der Waals surface area contributed by atoms with Crippen molar-refractivity contribution in [2.45, 2.75) is 0 Å². The van der Waals surface area contributed by atoms with Crippen LogP contribution in [0.2, 0.25) is 0 Å². The van der Waals surface area contributed by atoms with Gasteiger partial charge in [-0.25, -0.2) is 4.79 Å². The second-order valence-corrected chi connectivity index (χ2v) is 7.72. The number of rotatable bonds is 5. The Morgan fingerprint density at radius 1 is 0.871 bits per heavy atom. The first-order valence-electron chi connectivity index (χ1n) is 9.64. The zero-order valence-corrected chi connectivity index (χ0v) is 18.0. The van der Waals surface area contributed by atoms with E-state index in [2.05, 4.69) is 31.9 Å². The van der Waals surface area contributed by atoms with Gasteiger partial charge in [0.05, 0.1) is 16.8 Å². The molecule has 156 valence electrons. The molecule has 3 aromatic rings. The summed E-state index contributed by atoms with van der Waals surface area (Å²) in [6.45, 7) is 1.15. The first-order valence-corrected chi connectivity index (χ1v) is 10.4. The summed E-state index contributed by atoms with van der Waals surface area (Å²) in [4.78, 5) is 39.1. The molecule has 3 N–H and O–H groups in total. The quantitative estimate of drug-likeness (QED) is 0.504. The molecular formula is C23H19BrN4O3. The standard InChI is InChI=1S/C23H19BrN4O3/c24-19-10-3-1-8-17(19)21(29)27-20-11-4-2-9-18(20)22(30)26-15-6-5-7-16(14-15)28-13-12-25-23(28)31/h1-11,14H,12-13H2,(H,25,31)(H,26,30)(H,27,29). The van der Waals surface area contributed by atoms with Gasteiger partial charge in [0.15, 0.2) is 0 Å². The van der Waals surface area contributed by atoms with Crippen LogP contribution in [0.15, 0.2) is 77.3 Å². The van der Waals surface area contributed by atoms with Crippen LogP contribution in [0.3, 0.4) is 0 Å². The van der Waals surface area contributed by atoms with Crippen LogP contribution in [0.1, 0.15) is 20.7 Å². The summed E-state index contributed by atoms with van der Waals surface area (Å²) in [7, 11) is 0. The van der Waals surface area contributed by atoms with E-state index in [0.29, 0.717) is 45.8 Å². The lowest BCUT2D eigenvalue weighted by Gasteiger charge is -2.16. The van der Waals surface area contributed by atoms with Crippen molar-refractivity contribution >= 4 is 50.8 Å². The molecule has 0 radical (unpaired) electrons. The van der Waals surface area contributed by atoms with E-state index >= 15 is 0 Å². The molecule has 31 heavy (non-hydrogen) atoms. The predicted molar refractivity (Wildman–Crippen MR) is 124 cm³/mol. The molecule has 1 heterocycles. The number of anilines is 3. The number of halogens is 1. The predicted octanol–water partition coefficient (Wildman–Crippen LogP) is 4.48. The molecule has 4 amide bonds. The van der Waals surface area contributed by atoms with Gasteiger partial charge in [-0.2, -0.15) is 0 Å². The first kappa shape index (κ1) is 20.6. The molecule has 0 unspecified atom stereocenters. The molecule has 4 rings (SSSR count). The van der Waals surface area contributed by atoms with Gasteiger partial charge >= 0.3 is 6.03 Å². The molecule has 1 aliphatic rings. The number of carbonyl (C=O) groups is 3. The average molecular weight is 479 g/mol. The monoisotopic (exact) mass is 478 g/mol. The molecule has 0 saturated carbocycles. The van der Waals surface area contributed by atoms with E-state index in [0.717, 1.165) is 0 Å². The van der Waals surface area contributed by atoms with E-state index in [9.17, 15) is 14.4 Å². The van der Waals surface area contributed by atoms with Gasteiger partial charge < -0.3 is 16.0 Å². The normalized spacial score (nSPS) is 12.9. The highest BCUT2D eigenvalue weighted by Crippen LogP contribution is 2.24. The zero-order valence-electron chi connectivity index (χ0n) is 16.4. The lowest BCUT2D eigenvalue weighted by atomic mass is 10.1. The summed E-state index contributed by atoms with van der Waals surface area (Å²) in [5.74, 6) is -0.694. The van der Waals surface area contributed by atoms with Crippen molar-refractivity contribution < 1.29 is 14.4 Å². The Morgan fingerprint density at radius 2 is 1.58 bits per heavy atom. The molecule has 3 aromatic carbocycles. The number of carbonyl (C=O) groups excluding carboxylic acids is 3. The molecule has 1 saturated heterocycles. The van der Waals surface area contributed by atoms with E-state index in [4.69, 9.17) is 0 Å². The Bertz CT molecular complexity index is 1160. The van der Waals surface area contributed by atoms with Gasteiger partial charge in [-0.1, -0.05) is 30.3 Å². The van der Waals surface area contributed by atoms with E-state index in [1.807, 2.05) is 12.1 Å². The van der Waals surface area contributed by atoms with Crippen LogP contribution in [0.5, 0.6) is 0 Å². The average Bonchev–Trinajstić information content (AvgIpc) is 3.20. The van der Waals surface area contributed by atoms with Gasteiger partial charge in [-0.15, -0.1) is 0 Å². The third kappa shape index (κ3) is 4.59. The molecule has 0 atom stereocenters. The molecule has 0 spiro atoms. The van der Waals surface area contributed by atoms with Crippen molar-refractivity contribution in [3.8, 4) is 0 Å². The molecule has 7 nitrogen and oxygen atoms in total. The molecule has 0 aliphatic carbocycles. The highest BCUT2D eigenvalue weighted by Gasteiger charge is 2.21. The zero-order chi connectivity index (χ0) is 21.8. The van der Waals surface area contributed by atoms with E-state index in [1.54, 1.807) is 65.6 Å². The van der Waals surface area contributed by atoms with E-state index < -0.39 is 0 Å². The summed E-state index contributed by atoms with van der Waals surface area (Å²) in [5, 5.41) is 8.40. The lowest BCUT2D eigenvalue weighted by Crippen LogP contribution is -2.27. The summed E-state index contributed by atoms with van der Waals surface area (Å²) in [6.07, 6.45) is 0. The highest BCUT2D eigenvalue weighted by molar-refractivity contribution is 9.10. The van der Waals surface area contributed by atoms with Gasteiger partial charge in [-0.3, -0.25) is 14.5 Å². The van der Waals surface area contributed by atoms with Gasteiger partial charge in [0.2, 0.25) is 0 Å². The summed E-state index contributed by atoms with van der Waals surface area (Å²) in [6, 6.07) is 20.8. The summed E-state index contributed by atoms with van der Waals surface area (Å²) >= 11 is 3.37. The molecular weight excluding hydrogens is 460 g/mol. The van der Waals surface area contributed by atoms with E-state index in [1.165, 1.54) is 0 Å². The van der Waals surface area contributed by atoms with Crippen molar-refractivity contribution in [2.75, 3.05) is 28.6 Å². The Balaban J connectivity index is 1.53. The van der Waals surface area contributed by atoms with E-state index in [-0.39, 0.29) is 17.8 Å². The fraction of sp³-hybridized carbons (Fsp3) is 0.0870. The van der Waals surface area contributed by atoms with Crippen LogP contribution in [0.25, 0.3) is 0 Å². The second-order valence-electron chi connectivity index (χ2n) is 6.87. The van der Waals surface area contributed by atoms with Gasteiger partial charge in [0, 0.05) is 28.9 Å². The second kappa shape index (κ2) is 9.01. The third-order valence-electron chi connectivity index (χ3n) is 4.81. The van der Waals surface area contributed by atoms with Crippen LogP contribution >= 0.6 is 15.9 Å². The first-order chi connectivity index (χ1) is 15.0. The number of nitrogens with one attached hydrogen (secondary N) is 3. The smallest absolute Gasteiger partial charge is 0.321 e. The Kier molecular flexibility index (Phi) is 5.99. The van der Waals surface area contributed by atoms with Crippen molar-refractivity contribution in [3.05, 3.63) is 88.4 Å². The maximum absolute atomic E-state index is 13.0. The number of hydrogen-bond acceptors (Lipinski definition) is 3. The minimum absolute atomic E-state index is 0.163. The highest BCUT2D eigenvalue weighted by atomic mass is 79.9. The Hall–Kier alpha value is -3.65. The minimum Gasteiger partial charge on any atom is -0.336 e. The van der Waals surface area contributed by atoms with Crippen molar-refractivity contribution in [1.29, 1.82) is 0 Å². The molecule has 1 aliphatic heterocycles. The van der Waals surface area contributed by atoms with Crippen LogP contribution in [0, 0.1) is 0 Å². The number of urea groups is 1. The third-order valence-corrected chi connectivity index (χ3v) is 5.50. The number of hydrogen-bond donors (Lipinski definition) is 3. The van der Waals surface area contributed by atoms with Gasteiger partial charge in [-0.05, 0) is 58.4 Å². The van der Waals surface area contributed by atoms with Crippen LogP contribution < -0.4 is 20.9 Å². The Morgan fingerprint density at radius 3 is 2.32 bits per heavy atom. The molecule has 0 aromatic heterocycles. The maximum atomic E-state index is 13.0. The number of amides is 4. The van der Waals surface area contributed by atoms with Gasteiger partial charge in [0.25, 0.3) is 11.8 Å². The lowest BCUT2D eigenvalue weighted by molar-refractivity contribution is 0.102. The van der Waals surface area contributed by atoms with Crippen molar-refractivity contribution in [2.24, 2.45) is 0 Å². The molecule has 8 heteroatoms. The fourth-order valence-electron chi connectivity index (χ4n) is 3.29. The number of nitrogens with zero attached hydrogens (tertiary/aromatic N) is 1. The largest absolute Gasteiger partial charge is 0.336 e. The van der Waals surface area contributed by atoms with Gasteiger partial charge in [0.1, 0.15) is 0 Å². The SMILES string of the molecule is O=C(Nc1ccccc1C(=O)Nc1cccc(N2CCNC2=O)c1)c1ccccc1Br. The number of para-hydroxylation sites is 1. The summed E-state index contributed by atoms with van der Waals surface area (Å²) in [5.41, 5.74) is 2.44. The van der Waals surface area contributed by atoms with Crippen molar-refractivity contribution in [3.63, 3.8) is 0 Å². The van der Waals surface area contributed by atoms with Crippen LogP contribution in [0.4, 0.5) is 21.9 Å². The Labute approximate surface area is 187 Å². The summed E-state index contributed by atoms with van der Waals surface area (Å²) < 4.78 is 0.664. The van der Waals surface area contributed by atoms with Crippen LogP contribution in [-0.2, 0) is 0 Å². The van der Waals surface area contributed by atoms with Crippen molar-refractivity contribution in [1.82, 2.24) is 5.32 Å². The van der Waals surface area contributed by atoms with Crippen LogP contribution in [-0.4, -0.2) is 30.9 Å². The number of benzene rings is 3. The fourth-order valence-corrected chi connectivity index (χ4v) is 3.76. The molecule has 1 fully saturated rings. The topological polar surface area (TPSA) is 90.5 Å². The maximum Gasteiger partial charge on any atom is 0.321 e. The molecule has 0 bridgehead atoms. The minimum atomic E-state index is -0.369.